The summed E-state index contributed by atoms with van der Waals surface area (Å²) in [5, 5.41) is 3.42. The first-order valence-corrected chi connectivity index (χ1v) is 15.1. The Balaban J connectivity index is 1.46. The van der Waals surface area contributed by atoms with Gasteiger partial charge in [-0.2, -0.15) is 0 Å². The Morgan fingerprint density at radius 1 is 0.711 bits per heavy atom. The molecule has 4 unspecified atom stereocenters. The summed E-state index contributed by atoms with van der Waals surface area (Å²) in [5.41, 5.74) is 3.19. The van der Waals surface area contributed by atoms with Crippen molar-refractivity contribution in [3.05, 3.63) is 138 Å². The maximum atomic E-state index is 14.2. The van der Waals surface area contributed by atoms with Gasteiger partial charge in [0.2, 0.25) is 0 Å². The van der Waals surface area contributed by atoms with Crippen molar-refractivity contribution in [2.75, 3.05) is 0 Å². The molecular weight excluding hydrogens is 488 g/mol. The third kappa shape index (κ3) is 4.49. The topological polar surface area (TPSA) is 49.4 Å². The molecule has 0 aromatic heterocycles. The lowest BCUT2D eigenvalue weighted by Gasteiger charge is -2.51. The van der Waals surface area contributed by atoms with Gasteiger partial charge in [0.05, 0.1) is 15.7 Å². The largest absolute Gasteiger partial charge is 0.308 e. The quantitative estimate of drug-likeness (QED) is 0.311. The fraction of sp³-hybridized carbons (Fsp3) is 0.273. The van der Waals surface area contributed by atoms with Gasteiger partial charge in [0.25, 0.3) is 0 Å². The molecule has 4 aromatic carbocycles. The van der Waals surface area contributed by atoms with Gasteiger partial charge in [-0.05, 0) is 48.1 Å². The summed E-state index contributed by atoms with van der Waals surface area (Å²) in [5.74, 6) is 0. The number of rotatable bonds is 8. The van der Waals surface area contributed by atoms with E-state index in [1.54, 1.807) is 12.1 Å². The molecule has 38 heavy (non-hydrogen) atoms. The lowest BCUT2D eigenvalue weighted by Crippen LogP contribution is -2.60. The molecule has 0 spiro atoms. The van der Waals surface area contributed by atoms with E-state index in [4.69, 9.17) is 0 Å². The normalized spacial score (nSPS) is 25.3. The van der Waals surface area contributed by atoms with Crippen molar-refractivity contribution in [2.24, 2.45) is 0 Å². The van der Waals surface area contributed by atoms with Crippen LogP contribution in [0.3, 0.4) is 0 Å². The van der Waals surface area contributed by atoms with Crippen LogP contribution in [0.15, 0.2) is 126 Å². The molecule has 2 bridgehead atoms. The van der Waals surface area contributed by atoms with Gasteiger partial charge in [-0.1, -0.05) is 109 Å². The molecule has 0 amide bonds. The number of nitrogens with one attached hydrogen (secondary N) is 1. The van der Waals surface area contributed by atoms with Crippen LogP contribution in [0, 0.1) is 0 Å². The van der Waals surface area contributed by atoms with Crippen LogP contribution in [0.4, 0.5) is 0 Å². The van der Waals surface area contributed by atoms with Crippen molar-refractivity contribution in [3.8, 4) is 0 Å². The van der Waals surface area contributed by atoms with E-state index < -0.39 is 20.6 Å². The van der Waals surface area contributed by atoms with Crippen molar-refractivity contribution in [2.45, 2.75) is 60.1 Å². The van der Waals surface area contributed by atoms with Crippen molar-refractivity contribution >= 4 is 9.84 Å². The average molecular weight is 523 g/mol. The summed E-state index contributed by atoms with van der Waals surface area (Å²) in [4.78, 5) is 2.95. The van der Waals surface area contributed by atoms with Crippen LogP contribution in [0.1, 0.15) is 36.0 Å². The van der Waals surface area contributed by atoms with Crippen molar-refractivity contribution in [1.82, 2.24) is 10.2 Å². The second-order valence-electron chi connectivity index (χ2n) is 10.6. The van der Waals surface area contributed by atoms with E-state index >= 15 is 0 Å². The number of benzene rings is 4. The molecule has 4 nitrogen and oxygen atoms in total. The summed E-state index contributed by atoms with van der Waals surface area (Å²) in [7, 11) is -3.52. The van der Waals surface area contributed by atoms with E-state index in [-0.39, 0.29) is 12.1 Å². The highest BCUT2D eigenvalue weighted by Gasteiger charge is 2.62. The van der Waals surface area contributed by atoms with Gasteiger partial charge in [0.15, 0.2) is 9.84 Å². The van der Waals surface area contributed by atoms with Crippen molar-refractivity contribution < 1.29 is 8.42 Å². The predicted molar refractivity (Wildman–Crippen MR) is 152 cm³/mol. The third-order valence-corrected chi connectivity index (χ3v) is 10.7. The first-order chi connectivity index (χ1) is 18.6. The number of fused-ring (bicyclic) bond motifs is 2. The Labute approximate surface area is 226 Å². The highest BCUT2D eigenvalue weighted by molar-refractivity contribution is 7.92. The van der Waals surface area contributed by atoms with Crippen LogP contribution in [-0.4, -0.2) is 30.7 Å². The van der Waals surface area contributed by atoms with Gasteiger partial charge >= 0.3 is 0 Å². The Kier molecular flexibility index (Phi) is 6.91. The molecule has 2 heterocycles. The molecule has 2 fully saturated rings. The van der Waals surface area contributed by atoms with Crippen LogP contribution in [0.2, 0.25) is 0 Å². The number of sulfone groups is 1. The van der Waals surface area contributed by atoms with E-state index in [0.29, 0.717) is 17.9 Å². The van der Waals surface area contributed by atoms with Crippen LogP contribution in [-0.2, 0) is 28.5 Å². The molecule has 194 valence electrons. The monoisotopic (exact) mass is 522 g/mol. The maximum Gasteiger partial charge on any atom is 0.182 e. The Bertz CT molecular complexity index is 1450. The van der Waals surface area contributed by atoms with Crippen LogP contribution in [0.5, 0.6) is 0 Å². The van der Waals surface area contributed by atoms with Crippen molar-refractivity contribution in [1.29, 1.82) is 0 Å². The molecule has 2 saturated heterocycles. The number of piperidine rings is 1. The van der Waals surface area contributed by atoms with E-state index in [9.17, 15) is 8.42 Å². The minimum atomic E-state index is -3.52. The summed E-state index contributed by atoms with van der Waals surface area (Å²) in [6.45, 7) is 1.46. The standard InChI is InChI=1S/C33H34N2O2S/c36-38(37,29-19-11-4-12-20-29)31-23-33(28-17-9-3-10-18-28)32(34-24-26-13-5-1-6-14-26)22-21-30(31)35(33)25-27-15-7-2-8-16-27/h1-20,30-32,34H,21-25H2. The molecule has 2 aliphatic rings. The highest BCUT2D eigenvalue weighted by Crippen LogP contribution is 2.54. The zero-order valence-electron chi connectivity index (χ0n) is 21.5. The van der Waals surface area contributed by atoms with Crippen LogP contribution in [0.25, 0.3) is 0 Å². The molecule has 2 aliphatic heterocycles. The van der Waals surface area contributed by atoms with Gasteiger partial charge in [-0.15, -0.1) is 0 Å². The molecule has 6 rings (SSSR count). The van der Waals surface area contributed by atoms with Gasteiger partial charge < -0.3 is 5.32 Å². The molecule has 4 aromatic rings. The minimum absolute atomic E-state index is 0.0598. The van der Waals surface area contributed by atoms with E-state index in [0.717, 1.165) is 19.4 Å². The van der Waals surface area contributed by atoms with Gasteiger partial charge in [0.1, 0.15) is 0 Å². The molecule has 4 atom stereocenters. The summed E-state index contributed by atoms with van der Waals surface area (Å²) in [6, 6.07) is 40.6. The Morgan fingerprint density at radius 2 is 1.26 bits per heavy atom. The Morgan fingerprint density at radius 3 is 1.89 bits per heavy atom. The van der Waals surface area contributed by atoms with E-state index in [1.165, 1.54) is 16.7 Å². The summed E-state index contributed by atoms with van der Waals surface area (Å²) >= 11 is 0. The lowest BCUT2D eigenvalue weighted by molar-refractivity contribution is 0.0109. The van der Waals surface area contributed by atoms with Gasteiger partial charge in [-0.25, -0.2) is 8.42 Å². The van der Waals surface area contributed by atoms with E-state index in [2.05, 4.69) is 83.0 Å². The minimum Gasteiger partial charge on any atom is -0.308 e. The Hall–Kier alpha value is -3.25. The van der Waals surface area contributed by atoms with Crippen LogP contribution >= 0.6 is 0 Å². The fourth-order valence-corrected chi connectivity index (χ4v) is 8.83. The number of hydrogen-bond donors (Lipinski definition) is 1. The number of nitrogens with zero attached hydrogens (tertiary/aromatic N) is 1. The zero-order valence-corrected chi connectivity index (χ0v) is 22.3. The van der Waals surface area contributed by atoms with Crippen molar-refractivity contribution in [3.63, 3.8) is 0 Å². The van der Waals surface area contributed by atoms with Gasteiger partial charge in [0, 0.05) is 25.2 Å². The fourth-order valence-electron chi connectivity index (χ4n) is 6.78. The highest BCUT2D eigenvalue weighted by atomic mass is 32.2. The second kappa shape index (κ2) is 10.5. The van der Waals surface area contributed by atoms with E-state index in [1.807, 2.05) is 36.4 Å². The molecule has 0 aliphatic carbocycles. The maximum absolute atomic E-state index is 14.2. The molecule has 5 heteroatoms. The van der Waals surface area contributed by atoms with Gasteiger partial charge in [-0.3, -0.25) is 4.90 Å². The first-order valence-electron chi connectivity index (χ1n) is 13.5. The summed E-state index contributed by atoms with van der Waals surface area (Å²) < 4.78 is 28.4. The molecule has 1 N–H and O–H groups in total. The molecular formula is C33H34N2O2S. The molecule has 0 radical (unpaired) electrons. The second-order valence-corrected chi connectivity index (χ2v) is 12.7. The first kappa shape index (κ1) is 25.1. The molecule has 0 saturated carbocycles. The lowest BCUT2D eigenvalue weighted by atomic mass is 9.77. The predicted octanol–water partition coefficient (Wildman–Crippen LogP) is 5.95. The average Bonchev–Trinajstić information content (AvgIpc) is 3.19. The number of hydrogen-bond acceptors (Lipinski definition) is 4. The van der Waals surface area contributed by atoms with Crippen LogP contribution < -0.4 is 5.32 Å². The summed E-state index contributed by atoms with van der Waals surface area (Å²) in [6.07, 6.45) is 2.33. The SMILES string of the molecule is O=S(=O)(c1ccccc1)C1CC2(c3ccccc3)C(NCc3ccccc3)CCC1N2Cc1ccccc1. The smallest absolute Gasteiger partial charge is 0.182 e. The zero-order chi connectivity index (χ0) is 26.0. The third-order valence-electron chi connectivity index (χ3n) is 8.52.